The monoisotopic (exact) mass is 294 g/mol. The molecule has 1 fully saturated rings. The van der Waals surface area contributed by atoms with Gasteiger partial charge in [0, 0.05) is 16.6 Å². The van der Waals surface area contributed by atoms with Gasteiger partial charge in [-0.25, -0.2) is 0 Å². The van der Waals surface area contributed by atoms with Crippen LogP contribution in [0.15, 0.2) is 18.2 Å². The highest BCUT2D eigenvalue weighted by Gasteiger charge is 2.20. The fourth-order valence-electron chi connectivity index (χ4n) is 2.37. The number of carbonyl (C=O) groups is 2. The quantitative estimate of drug-likeness (QED) is 0.868. The first-order valence-electron chi connectivity index (χ1n) is 6.82. The first kappa shape index (κ1) is 15.0. The average molecular weight is 295 g/mol. The minimum atomic E-state index is -0.0417. The van der Waals surface area contributed by atoms with Gasteiger partial charge in [-0.2, -0.15) is 0 Å². The van der Waals surface area contributed by atoms with Gasteiger partial charge in [0.1, 0.15) is 6.29 Å². The van der Waals surface area contributed by atoms with E-state index in [4.69, 9.17) is 11.6 Å². The Kier molecular flexibility index (Phi) is 5.15. The number of rotatable bonds is 4. The van der Waals surface area contributed by atoms with Crippen molar-refractivity contribution in [3.8, 4) is 0 Å². The number of amides is 1. The summed E-state index contributed by atoms with van der Waals surface area (Å²) in [5.74, 6) is 0.115. The number of benzene rings is 1. The van der Waals surface area contributed by atoms with Crippen molar-refractivity contribution in [2.24, 2.45) is 5.92 Å². The molecule has 4 nitrogen and oxygen atoms in total. The molecule has 0 unspecified atom stereocenters. The number of halogens is 1. The number of hydrogen-bond acceptors (Lipinski definition) is 3. The van der Waals surface area contributed by atoms with Crippen molar-refractivity contribution in [2.45, 2.75) is 19.8 Å². The maximum absolute atomic E-state index is 12.0. The van der Waals surface area contributed by atoms with Crippen LogP contribution in [0.2, 0.25) is 5.02 Å². The van der Waals surface area contributed by atoms with E-state index in [-0.39, 0.29) is 11.8 Å². The molecule has 1 aliphatic rings. The summed E-state index contributed by atoms with van der Waals surface area (Å²) in [6, 6.07) is 5.44. The minimum absolute atomic E-state index is 0.0417. The molecular weight excluding hydrogens is 276 g/mol. The summed E-state index contributed by atoms with van der Waals surface area (Å²) in [5, 5.41) is 3.50. The molecule has 0 bridgehead atoms. The predicted molar refractivity (Wildman–Crippen MR) is 80.0 cm³/mol. The van der Waals surface area contributed by atoms with Crippen molar-refractivity contribution in [3.63, 3.8) is 0 Å². The summed E-state index contributed by atoms with van der Waals surface area (Å²) in [4.78, 5) is 24.8. The zero-order valence-electron chi connectivity index (χ0n) is 11.6. The Morgan fingerprint density at radius 1 is 1.45 bits per heavy atom. The largest absolute Gasteiger partial charge is 0.325 e. The van der Waals surface area contributed by atoms with E-state index < -0.39 is 0 Å². The molecule has 1 aromatic carbocycles. The minimum Gasteiger partial charge on any atom is -0.325 e. The number of piperidine rings is 1. The van der Waals surface area contributed by atoms with Crippen LogP contribution in [0.1, 0.15) is 18.4 Å². The van der Waals surface area contributed by atoms with Crippen LogP contribution in [0.3, 0.4) is 0 Å². The smallest absolute Gasteiger partial charge is 0.238 e. The first-order valence-corrected chi connectivity index (χ1v) is 7.20. The van der Waals surface area contributed by atoms with Gasteiger partial charge in [-0.15, -0.1) is 0 Å². The maximum atomic E-state index is 12.0. The maximum Gasteiger partial charge on any atom is 0.238 e. The molecule has 1 saturated heterocycles. The van der Waals surface area contributed by atoms with Crippen LogP contribution in [0.5, 0.6) is 0 Å². The number of carbonyl (C=O) groups excluding carboxylic acids is 2. The molecule has 1 aromatic rings. The van der Waals surface area contributed by atoms with Crippen LogP contribution >= 0.6 is 11.6 Å². The molecule has 0 atom stereocenters. The normalized spacial score (nSPS) is 16.9. The summed E-state index contributed by atoms with van der Waals surface area (Å²) in [7, 11) is 0. The molecule has 0 spiro atoms. The molecule has 1 heterocycles. The van der Waals surface area contributed by atoms with E-state index in [9.17, 15) is 9.59 Å². The number of nitrogens with zero attached hydrogens (tertiary/aromatic N) is 1. The molecule has 0 aliphatic carbocycles. The number of anilines is 1. The molecular formula is C15H19ClN2O2. The molecule has 0 saturated carbocycles. The van der Waals surface area contributed by atoms with Crippen molar-refractivity contribution >= 4 is 29.5 Å². The molecule has 0 aromatic heterocycles. The third kappa shape index (κ3) is 4.05. The SMILES string of the molecule is Cc1ccc(Cl)cc1NC(=O)CN1CCC(C=O)CC1. The topological polar surface area (TPSA) is 49.4 Å². The number of likely N-dealkylation sites (tertiary alicyclic amines) is 1. The van der Waals surface area contributed by atoms with Gasteiger partial charge in [0.05, 0.1) is 6.54 Å². The predicted octanol–water partition coefficient (Wildman–Crippen LogP) is 2.50. The van der Waals surface area contributed by atoms with E-state index in [0.29, 0.717) is 11.6 Å². The fraction of sp³-hybridized carbons (Fsp3) is 0.467. The number of nitrogens with one attached hydrogen (secondary N) is 1. The highest BCUT2D eigenvalue weighted by atomic mass is 35.5. The van der Waals surface area contributed by atoms with Gasteiger partial charge in [-0.05, 0) is 50.6 Å². The lowest BCUT2D eigenvalue weighted by molar-refractivity contribution is -0.117. The second-order valence-corrected chi connectivity index (χ2v) is 5.69. The second kappa shape index (κ2) is 6.86. The van der Waals surface area contributed by atoms with Gasteiger partial charge in [-0.3, -0.25) is 9.69 Å². The van der Waals surface area contributed by atoms with Gasteiger partial charge in [-0.1, -0.05) is 17.7 Å². The van der Waals surface area contributed by atoms with Gasteiger partial charge < -0.3 is 10.1 Å². The number of hydrogen-bond donors (Lipinski definition) is 1. The molecule has 0 radical (unpaired) electrons. The Morgan fingerprint density at radius 2 is 2.15 bits per heavy atom. The molecule has 108 valence electrons. The van der Waals surface area contributed by atoms with Crippen molar-refractivity contribution in [2.75, 3.05) is 25.0 Å². The van der Waals surface area contributed by atoms with E-state index in [1.807, 2.05) is 13.0 Å². The van der Waals surface area contributed by atoms with Gasteiger partial charge in [0.15, 0.2) is 0 Å². The third-order valence-electron chi connectivity index (χ3n) is 3.67. The number of aldehydes is 1. The highest BCUT2D eigenvalue weighted by Crippen LogP contribution is 2.20. The zero-order chi connectivity index (χ0) is 14.5. The van der Waals surface area contributed by atoms with Crippen LogP contribution in [0, 0.1) is 12.8 Å². The standard InChI is InChI=1S/C15H19ClN2O2/c1-11-2-3-13(16)8-14(11)17-15(20)9-18-6-4-12(10-19)5-7-18/h2-3,8,10,12H,4-7,9H2,1H3,(H,17,20). The first-order chi connectivity index (χ1) is 9.58. The Morgan fingerprint density at radius 3 is 2.80 bits per heavy atom. The molecule has 20 heavy (non-hydrogen) atoms. The lowest BCUT2D eigenvalue weighted by Crippen LogP contribution is -2.39. The molecule has 1 aliphatic heterocycles. The summed E-state index contributed by atoms with van der Waals surface area (Å²) < 4.78 is 0. The Balaban J connectivity index is 1.86. The Hall–Kier alpha value is -1.39. The molecule has 1 amide bonds. The van der Waals surface area contributed by atoms with Gasteiger partial charge in [0.25, 0.3) is 0 Å². The lowest BCUT2D eigenvalue weighted by Gasteiger charge is -2.28. The molecule has 2 rings (SSSR count). The average Bonchev–Trinajstić information content (AvgIpc) is 2.43. The number of aryl methyl sites for hydroxylation is 1. The van der Waals surface area contributed by atoms with Crippen molar-refractivity contribution < 1.29 is 9.59 Å². The molecule has 1 N–H and O–H groups in total. The van der Waals surface area contributed by atoms with Crippen LogP contribution in [0.25, 0.3) is 0 Å². The summed E-state index contributed by atoms with van der Waals surface area (Å²) >= 11 is 5.93. The summed E-state index contributed by atoms with van der Waals surface area (Å²) in [5.41, 5.74) is 1.74. The fourth-order valence-corrected chi connectivity index (χ4v) is 2.54. The van der Waals surface area contributed by atoms with Crippen LogP contribution < -0.4 is 5.32 Å². The van der Waals surface area contributed by atoms with E-state index in [2.05, 4.69) is 10.2 Å². The van der Waals surface area contributed by atoms with E-state index in [0.717, 1.165) is 43.5 Å². The van der Waals surface area contributed by atoms with Gasteiger partial charge >= 0.3 is 0 Å². The highest BCUT2D eigenvalue weighted by molar-refractivity contribution is 6.31. The van der Waals surface area contributed by atoms with E-state index in [1.54, 1.807) is 12.1 Å². The lowest BCUT2D eigenvalue weighted by atomic mass is 9.99. The van der Waals surface area contributed by atoms with E-state index >= 15 is 0 Å². The van der Waals surface area contributed by atoms with Gasteiger partial charge in [0.2, 0.25) is 5.91 Å². The Bertz CT molecular complexity index is 497. The second-order valence-electron chi connectivity index (χ2n) is 5.26. The summed E-state index contributed by atoms with van der Waals surface area (Å²) in [6.45, 7) is 3.88. The van der Waals surface area contributed by atoms with Crippen molar-refractivity contribution in [1.29, 1.82) is 0 Å². The van der Waals surface area contributed by atoms with Crippen molar-refractivity contribution in [1.82, 2.24) is 4.90 Å². The van der Waals surface area contributed by atoms with Crippen molar-refractivity contribution in [3.05, 3.63) is 28.8 Å². The zero-order valence-corrected chi connectivity index (χ0v) is 12.3. The summed E-state index contributed by atoms with van der Waals surface area (Å²) in [6.07, 6.45) is 2.70. The van der Waals surface area contributed by atoms with Crippen LogP contribution in [-0.2, 0) is 9.59 Å². The molecule has 5 heteroatoms. The van der Waals surface area contributed by atoms with Crippen LogP contribution in [0.4, 0.5) is 5.69 Å². The van der Waals surface area contributed by atoms with E-state index in [1.165, 1.54) is 0 Å². The Labute approximate surface area is 124 Å². The third-order valence-corrected chi connectivity index (χ3v) is 3.90. The van der Waals surface area contributed by atoms with Crippen LogP contribution in [-0.4, -0.2) is 36.7 Å².